The number of anilines is 1. The van der Waals surface area contributed by atoms with Crippen molar-refractivity contribution >= 4 is 28.4 Å². The predicted octanol–water partition coefficient (Wildman–Crippen LogP) is 3.75. The summed E-state index contributed by atoms with van der Waals surface area (Å²) in [4.78, 5) is 29.1. The summed E-state index contributed by atoms with van der Waals surface area (Å²) >= 11 is 0. The third kappa shape index (κ3) is 4.69. The second kappa shape index (κ2) is 9.72. The van der Waals surface area contributed by atoms with Gasteiger partial charge in [-0.3, -0.25) is 4.79 Å². The lowest BCUT2D eigenvalue weighted by molar-refractivity contribution is 0.353. The van der Waals surface area contributed by atoms with E-state index in [4.69, 9.17) is 9.47 Å². The molecule has 0 radical (unpaired) electrons. The van der Waals surface area contributed by atoms with Crippen LogP contribution in [0.2, 0.25) is 0 Å². The number of fused-ring (bicyclic) bond motifs is 1. The molecule has 0 spiro atoms. The topological polar surface area (TPSA) is 83.1 Å². The minimum atomic E-state index is -0.293. The summed E-state index contributed by atoms with van der Waals surface area (Å²) in [6, 6.07) is 9.80. The van der Waals surface area contributed by atoms with E-state index in [-0.39, 0.29) is 5.56 Å². The van der Waals surface area contributed by atoms with Crippen molar-refractivity contribution in [2.24, 2.45) is 4.99 Å². The van der Waals surface area contributed by atoms with Gasteiger partial charge in [0, 0.05) is 39.3 Å². The van der Waals surface area contributed by atoms with Gasteiger partial charge in [-0.25, -0.2) is 4.99 Å². The Balaban J connectivity index is 1.98. The smallest absolute Gasteiger partial charge is 0.282 e. The SMILES string of the molecule is CCc1c(OC)c(OC)cc2[nH]c(N(C)Cc3cccc(/N=C(\C)N(C)C)c3)nc(=O)c12. The molecule has 0 saturated carbocycles. The van der Waals surface area contributed by atoms with Crippen LogP contribution in [0.4, 0.5) is 11.6 Å². The summed E-state index contributed by atoms with van der Waals surface area (Å²) in [6.45, 7) is 4.51. The first-order chi connectivity index (χ1) is 15.3. The molecule has 0 unspecified atom stereocenters. The van der Waals surface area contributed by atoms with Crippen molar-refractivity contribution in [1.29, 1.82) is 0 Å². The zero-order valence-electron chi connectivity index (χ0n) is 19.8. The number of hydrogen-bond acceptors (Lipinski definition) is 6. The number of nitrogens with one attached hydrogen (secondary N) is 1. The Bertz CT molecular complexity index is 1200. The zero-order chi connectivity index (χ0) is 23.4. The fourth-order valence-electron chi connectivity index (χ4n) is 3.59. The van der Waals surface area contributed by atoms with Crippen LogP contribution in [0.3, 0.4) is 0 Å². The molecule has 0 atom stereocenters. The summed E-state index contributed by atoms with van der Waals surface area (Å²) in [5.74, 6) is 2.55. The molecule has 0 saturated heterocycles. The standard InChI is InChI=1S/C24H31N5O3/c1-8-18-21-19(13-20(31-6)22(18)32-7)26-24(27-23(21)30)29(5)14-16-10-9-11-17(12-16)25-15(2)28(3)4/h9-13H,8,14H2,1-7H3,(H,26,27,30)/b25-15+. The molecule has 0 fully saturated rings. The number of rotatable bonds is 7. The van der Waals surface area contributed by atoms with Crippen LogP contribution in [0.1, 0.15) is 25.0 Å². The second-order valence-corrected chi connectivity index (χ2v) is 7.81. The molecule has 0 aliphatic carbocycles. The van der Waals surface area contributed by atoms with Gasteiger partial charge < -0.3 is 24.3 Å². The molecule has 3 aromatic rings. The van der Waals surface area contributed by atoms with E-state index in [9.17, 15) is 4.79 Å². The number of benzene rings is 2. The summed E-state index contributed by atoms with van der Waals surface area (Å²) in [7, 11) is 8.99. The van der Waals surface area contributed by atoms with Crippen molar-refractivity contribution in [1.82, 2.24) is 14.9 Å². The number of aromatic nitrogens is 2. The highest BCUT2D eigenvalue weighted by Gasteiger charge is 2.18. The van der Waals surface area contributed by atoms with Gasteiger partial charge >= 0.3 is 0 Å². The van der Waals surface area contributed by atoms with Crippen molar-refractivity contribution in [2.45, 2.75) is 26.8 Å². The summed E-state index contributed by atoms with van der Waals surface area (Å²) in [5, 5.41) is 0.526. The molecular formula is C24H31N5O3. The number of aromatic amines is 1. The van der Waals surface area contributed by atoms with Crippen LogP contribution in [0.25, 0.3) is 10.9 Å². The monoisotopic (exact) mass is 437 g/mol. The van der Waals surface area contributed by atoms with Crippen LogP contribution in [0.15, 0.2) is 40.1 Å². The Kier molecular flexibility index (Phi) is 7.02. The number of hydrogen-bond donors (Lipinski definition) is 1. The fraction of sp³-hybridized carbons (Fsp3) is 0.375. The summed E-state index contributed by atoms with van der Waals surface area (Å²) in [6.07, 6.45) is 0.622. The van der Waals surface area contributed by atoms with Crippen LogP contribution in [-0.2, 0) is 13.0 Å². The molecule has 2 aromatic carbocycles. The lowest BCUT2D eigenvalue weighted by atomic mass is 10.0. The minimum Gasteiger partial charge on any atom is -0.493 e. The molecule has 0 amide bonds. The fourth-order valence-corrected chi connectivity index (χ4v) is 3.59. The Hall–Kier alpha value is -3.55. The normalized spacial score (nSPS) is 11.5. The van der Waals surface area contributed by atoms with E-state index in [0.29, 0.717) is 41.3 Å². The molecule has 0 aliphatic rings. The van der Waals surface area contributed by atoms with Crippen molar-refractivity contribution in [3.63, 3.8) is 0 Å². The average Bonchev–Trinajstić information content (AvgIpc) is 2.77. The highest BCUT2D eigenvalue weighted by molar-refractivity contribution is 5.87. The van der Waals surface area contributed by atoms with Gasteiger partial charge in [0.1, 0.15) is 5.84 Å². The minimum absolute atomic E-state index is 0.293. The average molecular weight is 438 g/mol. The van der Waals surface area contributed by atoms with Gasteiger partial charge in [-0.1, -0.05) is 19.1 Å². The lowest BCUT2D eigenvalue weighted by Crippen LogP contribution is -2.23. The molecule has 3 rings (SSSR count). The number of ether oxygens (including phenoxy) is 2. The second-order valence-electron chi connectivity index (χ2n) is 7.81. The highest BCUT2D eigenvalue weighted by Crippen LogP contribution is 2.36. The first-order valence-electron chi connectivity index (χ1n) is 10.5. The van der Waals surface area contributed by atoms with E-state index < -0.39 is 0 Å². The number of nitrogens with zero attached hydrogens (tertiary/aromatic N) is 4. The van der Waals surface area contributed by atoms with E-state index >= 15 is 0 Å². The Morgan fingerprint density at radius 2 is 1.91 bits per heavy atom. The summed E-state index contributed by atoms with van der Waals surface area (Å²) < 4.78 is 11.0. The molecule has 8 heteroatoms. The highest BCUT2D eigenvalue weighted by atomic mass is 16.5. The molecule has 32 heavy (non-hydrogen) atoms. The van der Waals surface area contributed by atoms with E-state index in [1.165, 1.54) is 0 Å². The largest absolute Gasteiger partial charge is 0.493 e. The Labute approximate surface area is 188 Å². The van der Waals surface area contributed by atoms with Gasteiger partial charge in [-0.15, -0.1) is 0 Å². The van der Waals surface area contributed by atoms with Crippen LogP contribution in [0.5, 0.6) is 11.5 Å². The predicted molar refractivity (Wildman–Crippen MR) is 130 cm³/mol. The molecule has 8 nitrogen and oxygen atoms in total. The maximum atomic E-state index is 13.0. The third-order valence-corrected chi connectivity index (χ3v) is 5.42. The molecule has 0 bridgehead atoms. The van der Waals surface area contributed by atoms with Crippen LogP contribution < -0.4 is 19.9 Å². The van der Waals surface area contributed by atoms with E-state index in [1.54, 1.807) is 20.3 Å². The number of H-pyrrole nitrogens is 1. The van der Waals surface area contributed by atoms with Gasteiger partial charge in [0.05, 0.1) is 30.8 Å². The molecule has 0 aliphatic heterocycles. The maximum absolute atomic E-state index is 13.0. The lowest BCUT2D eigenvalue weighted by Gasteiger charge is -2.20. The van der Waals surface area contributed by atoms with Gasteiger partial charge in [-0.05, 0) is 31.0 Å². The van der Waals surface area contributed by atoms with Crippen molar-refractivity contribution in [3.8, 4) is 11.5 Å². The maximum Gasteiger partial charge on any atom is 0.282 e. The van der Waals surface area contributed by atoms with Gasteiger partial charge in [0.25, 0.3) is 5.56 Å². The molecule has 1 heterocycles. The van der Waals surface area contributed by atoms with E-state index in [1.807, 2.05) is 69.1 Å². The number of aryl methyl sites for hydroxylation is 1. The molecule has 1 aromatic heterocycles. The quantitative estimate of drug-likeness (QED) is 0.448. The van der Waals surface area contributed by atoms with Crippen molar-refractivity contribution in [3.05, 3.63) is 51.8 Å². The van der Waals surface area contributed by atoms with Crippen LogP contribution in [-0.4, -0.2) is 56.1 Å². The Morgan fingerprint density at radius 3 is 2.53 bits per heavy atom. The van der Waals surface area contributed by atoms with Gasteiger partial charge in [0.15, 0.2) is 11.5 Å². The van der Waals surface area contributed by atoms with Gasteiger partial charge in [0.2, 0.25) is 5.95 Å². The first-order valence-corrected chi connectivity index (χ1v) is 10.5. The zero-order valence-corrected chi connectivity index (χ0v) is 19.8. The van der Waals surface area contributed by atoms with Gasteiger partial charge in [-0.2, -0.15) is 4.98 Å². The van der Waals surface area contributed by atoms with Crippen molar-refractivity contribution in [2.75, 3.05) is 40.3 Å². The number of amidine groups is 1. The van der Waals surface area contributed by atoms with Crippen molar-refractivity contribution < 1.29 is 9.47 Å². The van der Waals surface area contributed by atoms with E-state index in [2.05, 4.69) is 15.0 Å². The Morgan fingerprint density at radius 1 is 1.16 bits per heavy atom. The molecular weight excluding hydrogens is 406 g/mol. The first kappa shape index (κ1) is 23.1. The van der Waals surface area contributed by atoms with E-state index in [0.717, 1.165) is 22.6 Å². The third-order valence-electron chi connectivity index (χ3n) is 5.42. The van der Waals surface area contributed by atoms with Crippen LogP contribution >= 0.6 is 0 Å². The molecule has 170 valence electrons. The molecule has 1 N–H and O–H groups in total. The number of methoxy groups -OCH3 is 2. The number of aliphatic imine (C=N–C) groups is 1. The summed E-state index contributed by atoms with van der Waals surface area (Å²) in [5.41, 5.74) is 3.10. The van der Waals surface area contributed by atoms with Crippen LogP contribution in [0, 0.1) is 0 Å².